The third-order valence-electron chi connectivity index (χ3n) is 5.73. The summed E-state index contributed by atoms with van der Waals surface area (Å²) in [6.45, 7) is 1.89. The number of carbonyl (C=O) groups is 1. The Balaban J connectivity index is 1.82. The minimum Gasteiger partial charge on any atom is -0.465 e. The minimum absolute atomic E-state index is 0.102. The minimum atomic E-state index is -0.465. The first-order valence-corrected chi connectivity index (χ1v) is 9.39. The summed E-state index contributed by atoms with van der Waals surface area (Å²) < 4.78 is 4.89. The van der Waals surface area contributed by atoms with E-state index in [0.29, 0.717) is 5.56 Å². The molecular weight excluding hydrogens is 380 g/mol. The van der Waals surface area contributed by atoms with Crippen LogP contribution in [0.3, 0.4) is 0 Å². The van der Waals surface area contributed by atoms with E-state index in [1.165, 1.54) is 7.11 Å². The van der Waals surface area contributed by atoms with Crippen molar-refractivity contribution in [2.75, 3.05) is 12.4 Å². The summed E-state index contributed by atoms with van der Waals surface area (Å²) in [6, 6.07) is 8.58. The van der Waals surface area contributed by atoms with Gasteiger partial charge < -0.3 is 10.1 Å². The maximum absolute atomic E-state index is 12.1. The first-order chi connectivity index (χ1) is 13.4. The Morgan fingerprint density at radius 2 is 2.11 bits per heavy atom. The average Bonchev–Trinajstić information content (AvgIpc) is 3.17. The van der Waals surface area contributed by atoms with E-state index in [1.54, 1.807) is 18.2 Å². The van der Waals surface area contributed by atoms with Crippen molar-refractivity contribution in [2.45, 2.75) is 25.3 Å². The molecule has 0 unspecified atom stereocenters. The molecule has 7 heteroatoms. The van der Waals surface area contributed by atoms with Crippen LogP contribution in [0.4, 0.5) is 11.4 Å². The molecule has 0 spiro atoms. The molecule has 0 fully saturated rings. The quantitative estimate of drug-likeness (QED) is 0.334. The van der Waals surface area contributed by atoms with Crippen LogP contribution in [0.1, 0.15) is 45.4 Å². The molecule has 4 rings (SSSR count). The van der Waals surface area contributed by atoms with Crippen LogP contribution in [0.5, 0.6) is 0 Å². The molecular formula is C21H19ClN2O4. The van der Waals surface area contributed by atoms with Crippen molar-refractivity contribution in [1.82, 2.24) is 0 Å². The van der Waals surface area contributed by atoms with E-state index >= 15 is 0 Å². The van der Waals surface area contributed by atoms with Crippen LogP contribution in [-0.4, -0.2) is 18.0 Å². The number of halogens is 1. The molecule has 3 atom stereocenters. The summed E-state index contributed by atoms with van der Waals surface area (Å²) in [7, 11) is 1.36. The number of esters is 1. The number of nitro groups is 1. The van der Waals surface area contributed by atoms with Gasteiger partial charge in [-0.05, 0) is 48.1 Å². The fraction of sp³-hybridized carbons (Fsp3) is 0.286. The zero-order chi connectivity index (χ0) is 20.0. The Labute approximate surface area is 167 Å². The van der Waals surface area contributed by atoms with Crippen LogP contribution in [0.2, 0.25) is 5.02 Å². The van der Waals surface area contributed by atoms with Gasteiger partial charge in [0, 0.05) is 17.7 Å². The van der Waals surface area contributed by atoms with Crippen LogP contribution < -0.4 is 5.32 Å². The van der Waals surface area contributed by atoms with Crippen molar-refractivity contribution in [3.05, 3.63) is 79.9 Å². The van der Waals surface area contributed by atoms with E-state index in [4.69, 9.17) is 16.3 Å². The van der Waals surface area contributed by atoms with Gasteiger partial charge in [-0.25, -0.2) is 4.79 Å². The fourth-order valence-corrected chi connectivity index (χ4v) is 4.53. The third-order valence-corrected chi connectivity index (χ3v) is 6.05. The van der Waals surface area contributed by atoms with Crippen LogP contribution >= 0.6 is 11.6 Å². The van der Waals surface area contributed by atoms with E-state index < -0.39 is 4.92 Å². The SMILES string of the molecule is COC(=O)c1ccc2c(c1C)N[C@H](c1ccc(Cl)c([N+](=O)[O-])c1)[C@@H]1CC=C[C@H]21. The van der Waals surface area contributed by atoms with Crippen molar-refractivity contribution >= 4 is 28.9 Å². The second kappa shape index (κ2) is 6.95. The molecule has 2 aliphatic rings. The number of hydrogen-bond acceptors (Lipinski definition) is 5. The normalized spacial score (nSPS) is 22.2. The number of carbonyl (C=O) groups excluding carboxylic acids is 1. The van der Waals surface area contributed by atoms with Crippen LogP contribution in [-0.2, 0) is 4.74 Å². The second-order valence-corrected chi connectivity index (χ2v) is 7.54. The second-order valence-electron chi connectivity index (χ2n) is 7.14. The summed E-state index contributed by atoms with van der Waals surface area (Å²) in [5.74, 6) is 0.0305. The topological polar surface area (TPSA) is 81.5 Å². The average molecular weight is 399 g/mol. The van der Waals surface area contributed by atoms with E-state index in [2.05, 4.69) is 17.5 Å². The molecule has 0 aromatic heterocycles. The van der Waals surface area contributed by atoms with Gasteiger partial charge in [0.25, 0.3) is 5.69 Å². The van der Waals surface area contributed by atoms with Crippen molar-refractivity contribution < 1.29 is 14.5 Å². The summed E-state index contributed by atoms with van der Waals surface area (Å²) in [4.78, 5) is 23.0. The van der Waals surface area contributed by atoms with E-state index in [0.717, 1.165) is 28.8 Å². The van der Waals surface area contributed by atoms with Gasteiger partial charge in [0.2, 0.25) is 0 Å². The standard InChI is InChI=1S/C21H19ClN2O4/c1-11-13(21(25)28-2)7-8-16-14-4-3-5-15(14)20(23-19(11)16)12-6-9-17(22)18(10-12)24(26)27/h3-4,6-10,14-15,20,23H,5H2,1-2H3/t14-,15+,20+/m0/s1. The molecule has 0 bridgehead atoms. The maximum atomic E-state index is 12.1. The molecule has 0 saturated carbocycles. The highest BCUT2D eigenvalue weighted by molar-refractivity contribution is 6.32. The molecule has 1 heterocycles. The summed E-state index contributed by atoms with van der Waals surface area (Å²) in [5.41, 5.74) is 4.05. The van der Waals surface area contributed by atoms with Crippen molar-refractivity contribution in [2.24, 2.45) is 5.92 Å². The molecule has 0 saturated heterocycles. The molecule has 0 radical (unpaired) electrons. The number of fused-ring (bicyclic) bond motifs is 3. The third kappa shape index (κ3) is 2.85. The zero-order valence-corrected chi connectivity index (χ0v) is 16.2. The summed E-state index contributed by atoms with van der Waals surface area (Å²) in [5, 5.41) is 15.0. The number of nitrogens with one attached hydrogen (secondary N) is 1. The monoisotopic (exact) mass is 398 g/mol. The first-order valence-electron chi connectivity index (χ1n) is 9.01. The Hall–Kier alpha value is -2.86. The van der Waals surface area contributed by atoms with Gasteiger partial charge in [-0.1, -0.05) is 35.9 Å². The lowest BCUT2D eigenvalue weighted by molar-refractivity contribution is -0.384. The van der Waals surface area contributed by atoms with Gasteiger partial charge in [-0.2, -0.15) is 0 Å². The molecule has 1 aliphatic heterocycles. The summed E-state index contributed by atoms with van der Waals surface area (Å²) in [6.07, 6.45) is 5.20. The number of rotatable bonds is 3. The van der Waals surface area contributed by atoms with E-state index in [1.807, 2.05) is 19.1 Å². The van der Waals surface area contributed by atoms with E-state index in [9.17, 15) is 14.9 Å². The Kier molecular flexibility index (Phi) is 4.59. The lowest BCUT2D eigenvalue weighted by Crippen LogP contribution is -2.30. The highest BCUT2D eigenvalue weighted by Gasteiger charge is 2.39. The van der Waals surface area contributed by atoms with Gasteiger partial charge in [0.05, 0.1) is 23.6 Å². The highest BCUT2D eigenvalue weighted by atomic mass is 35.5. The maximum Gasteiger partial charge on any atom is 0.338 e. The van der Waals surface area contributed by atoms with Crippen molar-refractivity contribution in [3.63, 3.8) is 0 Å². The van der Waals surface area contributed by atoms with Crippen LogP contribution in [0, 0.1) is 23.0 Å². The lowest BCUT2D eigenvalue weighted by Gasteiger charge is -2.38. The van der Waals surface area contributed by atoms with Gasteiger partial charge in [-0.15, -0.1) is 0 Å². The molecule has 144 valence electrons. The number of allylic oxidation sites excluding steroid dienone is 2. The Morgan fingerprint density at radius 1 is 1.32 bits per heavy atom. The lowest BCUT2D eigenvalue weighted by atomic mass is 9.76. The molecule has 0 amide bonds. The largest absolute Gasteiger partial charge is 0.465 e. The molecule has 6 nitrogen and oxygen atoms in total. The molecule has 1 aliphatic carbocycles. The number of benzene rings is 2. The molecule has 1 N–H and O–H groups in total. The molecule has 28 heavy (non-hydrogen) atoms. The predicted molar refractivity (Wildman–Crippen MR) is 107 cm³/mol. The van der Waals surface area contributed by atoms with Gasteiger partial charge in [0.15, 0.2) is 0 Å². The Morgan fingerprint density at radius 3 is 2.82 bits per heavy atom. The molecule has 2 aromatic rings. The number of hydrogen-bond donors (Lipinski definition) is 1. The van der Waals surface area contributed by atoms with Crippen molar-refractivity contribution in [3.8, 4) is 0 Å². The fourth-order valence-electron chi connectivity index (χ4n) is 4.34. The number of methoxy groups -OCH3 is 1. The van der Waals surface area contributed by atoms with Crippen molar-refractivity contribution in [1.29, 1.82) is 0 Å². The molecule has 2 aromatic carbocycles. The van der Waals surface area contributed by atoms with Gasteiger partial charge in [0.1, 0.15) is 5.02 Å². The zero-order valence-electron chi connectivity index (χ0n) is 15.4. The number of ether oxygens (including phenoxy) is 1. The van der Waals surface area contributed by atoms with Gasteiger partial charge in [-0.3, -0.25) is 10.1 Å². The predicted octanol–water partition coefficient (Wildman–Crippen LogP) is 5.17. The van der Waals surface area contributed by atoms with E-state index in [-0.39, 0.29) is 34.6 Å². The van der Waals surface area contributed by atoms with Gasteiger partial charge >= 0.3 is 5.97 Å². The smallest absolute Gasteiger partial charge is 0.338 e. The van der Waals surface area contributed by atoms with Crippen LogP contribution in [0.15, 0.2) is 42.5 Å². The van der Waals surface area contributed by atoms with Crippen LogP contribution in [0.25, 0.3) is 0 Å². The number of nitrogens with zero attached hydrogens (tertiary/aromatic N) is 1. The number of anilines is 1. The first kappa shape index (κ1) is 18.5. The number of nitro benzene ring substituents is 1. The Bertz CT molecular complexity index is 1020. The summed E-state index contributed by atoms with van der Waals surface area (Å²) >= 11 is 5.99. The highest BCUT2D eigenvalue weighted by Crippen LogP contribution is 2.51.